The van der Waals surface area contributed by atoms with Gasteiger partial charge in [0.2, 0.25) is 0 Å². The maximum Gasteiger partial charge on any atom is 0.306 e. The Morgan fingerprint density at radius 2 is 0.342 bits per heavy atom. The van der Waals surface area contributed by atoms with Crippen LogP contribution in [0.4, 0.5) is 0 Å². The normalized spacial score (nSPS) is 11.9. The van der Waals surface area contributed by atoms with E-state index in [4.69, 9.17) is 14.2 Å². The second kappa shape index (κ2) is 68.9. The van der Waals surface area contributed by atoms with Gasteiger partial charge in [0.05, 0.1) is 0 Å². The van der Waals surface area contributed by atoms with Crippen molar-refractivity contribution in [3.05, 3.63) is 0 Å². The van der Waals surface area contributed by atoms with Crippen molar-refractivity contribution in [2.45, 2.75) is 438 Å². The second-order valence-electron chi connectivity index (χ2n) is 25.2. The van der Waals surface area contributed by atoms with Gasteiger partial charge < -0.3 is 14.2 Å². The fourth-order valence-electron chi connectivity index (χ4n) is 11.6. The Balaban J connectivity index is 3.86. The van der Waals surface area contributed by atoms with Crippen LogP contribution in [0, 0.1) is 0 Å². The lowest BCUT2D eigenvalue weighted by Crippen LogP contribution is -2.30. The van der Waals surface area contributed by atoms with Gasteiger partial charge in [0.15, 0.2) is 6.10 Å². The predicted molar refractivity (Wildman–Crippen MR) is 344 cm³/mol. The Morgan fingerprint density at radius 3 is 0.506 bits per heavy atom. The van der Waals surface area contributed by atoms with Crippen LogP contribution in [0.1, 0.15) is 432 Å². The zero-order chi connectivity index (χ0) is 57.1. The molecule has 0 aliphatic rings. The van der Waals surface area contributed by atoms with Gasteiger partial charge in [-0.3, -0.25) is 14.4 Å². The summed E-state index contributed by atoms with van der Waals surface area (Å²) in [6.07, 6.45) is 82.2. The lowest BCUT2D eigenvalue weighted by atomic mass is 10.0. The molecule has 0 aliphatic carbocycles. The zero-order valence-electron chi connectivity index (χ0n) is 54.2. The van der Waals surface area contributed by atoms with E-state index < -0.39 is 6.10 Å². The third-order valence-corrected chi connectivity index (χ3v) is 17.1. The van der Waals surface area contributed by atoms with E-state index in [0.29, 0.717) is 19.3 Å². The number of esters is 3. The molecular weight excluding hydrogens is 973 g/mol. The number of carbonyl (C=O) groups is 3. The molecule has 0 N–H and O–H groups in total. The Morgan fingerprint density at radius 1 is 0.203 bits per heavy atom. The van der Waals surface area contributed by atoms with E-state index in [9.17, 15) is 14.4 Å². The molecule has 0 rings (SSSR count). The highest BCUT2D eigenvalue weighted by molar-refractivity contribution is 5.71. The van der Waals surface area contributed by atoms with E-state index in [-0.39, 0.29) is 31.1 Å². The molecular formula is C73H142O6. The predicted octanol–water partition coefficient (Wildman–Crippen LogP) is 25.0. The monoisotopic (exact) mass is 1120 g/mol. The summed E-state index contributed by atoms with van der Waals surface area (Å²) in [6.45, 7) is 6.65. The molecule has 0 fully saturated rings. The van der Waals surface area contributed by atoms with Crippen molar-refractivity contribution in [1.82, 2.24) is 0 Å². The highest BCUT2D eigenvalue weighted by atomic mass is 16.6. The summed E-state index contributed by atoms with van der Waals surface area (Å²) in [5.41, 5.74) is 0. The van der Waals surface area contributed by atoms with Gasteiger partial charge in [-0.1, -0.05) is 393 Å². The van der Waals surface area contributed by atoms with Crippen LogP contribution in [0.15, 0.2) is 0 Å². The Labute approximate surface area is 495 Å². The number of ether oxygens (including phenoxy) is 3. The number of unbranched alkanes of at least 4 members (excludes halogenated alkanes) is 58. The van der Waals surface area contributed by atoms with Gasteiger partial charge >= 0.3 is 17.9 Å². The summed E-state index contributed by atoms with van der Waals surface area (Å²) in [5, 5.41) is 0. The van der Waals surface area contributed by atoms with Crippen LogP contribution in [0.25, 0.3) is 0 Å². The van der Waals surface area contributed by atoms with E-state index in [2.05, 4.69) is 20.8 Å². The number of rotatable bonds is 69. The molecule has 0 radical (unpaired) electrons. The van der Waals surface area contributed by atoms with E-state index in [1.54, 1.807) is 0 Å². The zero-order valence-corrected chi connectivity index (χ0v) is 54.2. The molecule has 0 aromatic rings. The minimum atomic E-state index is -0.761. The molecule has 6 heteroatoms. The summed E-state index contributed by atoms with van der Waals surface area (Å²) < 4.78 is 16.8. The van der Waals surface area contributed by atoms with Gasteiger partial charge in [0, 0.05) is 19.3 Å². The number of carbonyl (C=O) groups excluding carboxylic acids is 3. The lowest BCUT2D eigenvalue weighted by molar-refractivity contribution is -0.167. The third-order valence-electron chi connectivity index (χ3n) is 17.1. The van der Waals surface area contributed by atoms with Crippen molar-refractivity contribution in [3.63, 3.8) is 0 Å². The molecule has 79 heavy (non-hydrogen) atoms. The maximum atomic E-state index is 12.9. The van der Waals surface area contributed by atoms with Crippen LogP contribution >= 0.6 is 0 Å². The molecule has 0 spiro atoms. The van der Waals surface area contributed by atoms with E-state index in [1.807, 2.05) is 0 Å². The van der Waals surface area contributed by atoms with Gasteiger partial charge in [-0.25, -0.2) is 0 Å². The molecule has 0 heterocycles. The van der Waals surface area contributed by atoms with E-state index in [0.717, 1.165) is 64.2 Å². The quantitative estimate of drug-likeness (QED) is 0.0343. The van der Waals surface area contributed by atoms with E-state index >= 15 is 0 Å². The molecule has 0 saturated heterocycles. The van der Waals surface area contributed by atoms with Crippen LogP contribution in [0.2, 0.25) is 0 Å². The molecule has 0 amide bonds. The highest BCUT2D eigenvalue weighted by Gasteiger charge is 2.19. The maximum absolute atomic E-state index is 12.9. The number of hydrogen-bond acceptors (Lipinski definition) is 6. The average molecular weight is 1120 g/mol. The topological polar surface area (TPSA) is 78.9 Å². The third kappa shape index (κ3) is 67.1. The van der Waals surface area contributed by atoms with Gasteiger partial charge in [-0.2, -0.15) is 0 Å². The first-order valence-corrected chi connectivity index (χ1v) is 36.5. The standard InChI is InChI=1S/C73H142O6/c1-4-7-10-13-15-17-19-21-23-25-27-29-31-33-34-35-36-37-38-39-40-42-43-45-47-49-51-53-55-57-60-63-66-72(75)78-69-70(68-77-71(74)65-62-59-12-9-6-3)79-73(76)67-64-61-58-56-54-52-50-48-46-44-41-32-30-28-26-24-22-20-18-16-14-11-8-5-2/h70H,4-69H2,1-3H3. The molecule has 470 valence electrons. The smallest absolute Gasteiger partial charge is 0.306 e. The van der Waals surface area contributed by atoms with Crippen molar-refractivity contribution in [2.75, 3.05) is 13.2 Å². The summed E-state index contributed by atoms with van der Waals surface area (Å²) in [6, 6.07) is 0. The molecule has 0 saturated carbocycles. The van der Waals surface area contributed by atoms with Crippen molar-refractivity contribution in [2.24, 2.45) is 0 Å². The van der Waals surface area contributed by atoms with Crippen molar-refractivity contribution in [3.8, 4) is 0 Å². The van der Waals surface area contributed by atoms with Crippen LogP contribution in [0.5, 0.6) is 0 Å². The molecule has 1 unspecified atom stereocenters. The largest absolute Gasteiger partial charge is 0.462 e. The van der Waals surface area contributed by atoms with Gasteiger partial charge in [-0.05, 0) is 19.3 Å². The minimum absolute atomic E-state index is 0.0621. The number of hydrogen-bond donors (Lipinski definition) is 0. The molecule has 0 aromatic heterocycles. The molecule has 1 atom stereocenters. The molecule has 6 nitrogen and oxygen atoms in total. The molecule has 0 aliphatic heterocycles. The summed E-state index contributed by atoms with van der Waals surface area (Å²) in [5.74, 6) is -0.842. The van der Waals surface area contributed by atoms with Crippen LogP contribution in [-0.4, -0.2) is 37.2 Å². The highest BCUT2D eigenvalue weighted by Crippen LogP contribution is 2.20. The Kier molecular flexibility index (Phi) is 67.5. The average Bonchev–Trinajstić information content (AvgIpc) is 3.45. The van der Waals surface area contributed by atoms with Crippen molar-refractivity contribution in [1.29, 1.82) is 0 Å². The summed E-state index contributed by atoms with van der Waals surface area (Å²) >= 11 is 0. The second-order valence-corrected chi connectivity index (χ2v) is 25.2. The Bertz CT molecular complexity index is 1190. The Hall–Kier alpha value is -1.59. The molecule has 0 aromatic carbocycles. The van der Waals surface area contributed by atoms with Gasteiger partial charge in [0.25, 0.3) is 0 Å². The first-order valence-electron chi connectivity index (χ1n) is 36.5. The van der Waals surface area contributed by atoms with Crippen LogP contribution in [-0.2, 0) is 28.6 Å². The first-order chi connectivity index (χ1) is 39.0. The fraction of sp³-hybridized carbons (Fsp3) is 0.959. The SMILES string of the molecule is CCCCCCCCCCCCCCCCCCCCCCCCCCCCCCCCCCC(=O)OCC(COC(=O)CCCCCCC)OC(=O)CCCCCCCCCCCCCCCCCCCCCCCCCC. The van der Waals surface area contributed by atoms with Gasteiger partial charge in [-0.15, -0.1) is 0 Å². The molecule has 0 bridgehead atoms. The summed E-state index contributed by atoms with van der Waals surface area (Å²) in [7, 11) is 0. The first kappa shape index (κ1) is 77.4. The van der Waals surface area contributed by atoms with Crippen LogP contribution in [0.3, 0.4) is 0 Å². The van der Waals surface area contributed by atoms with Crippen LogP contribution < -0.4 is 0 Å². The lowest BCUT2D eigenvalue weighted by Gasteiger charge is -2.18. The fourth-order valence-corrected chi connectivity index (χ4v) is 11.6. The van der Waals surface area contributed by atoms with Gasteiger partial charge in [0.1, 0.15) is 13.2 Å². The van der Waals surface area contributed by atoms with Crippen molar-refractivity contribution < 1.29 is 28.6 Å². The minimum Gasteiger partial charge on any atom is -0.462 e. The van der Waals surface area contributed by atoms with Crippen molar-refractivity contribution >= 4 is 17.9 Å². The summed E-state index contributed by atoms with van der Waals surface area (Å²) in [4.78, 5) is 38.0. The van der Waals surface area contributed by atoms with E-state index in [1.165, 1.54) is 327 Å².